The molecule has 0 aliphatic carbocycles. The van der Waals surface area contributed by atoms with E-state index in [1.54, 1.807) is 20.3 Å². The molecule has 1 atom stereocenters. The summed E-state index contributed by atoms with van der Waals surface area (Å²) in [5.74, 6) is 1.99. The maximum absolute atomic E-state index is 11.8. The molecule has 0 unspecified atom stereocenters. The van der Waals surface area contributed by atoms with Crippen molar-refractivity contribution in [2.24, 2.45) is 0 Å². The zero-order chi connectivity index (χ0) is 22.8. The van der Waals surface area contributed by atoms with Crippen LogP contribution in [0.5, 0.6) is 17.2 Å². The Morgan fingerprint density at radius 3 is 2.66 bits per heavy atom. The smallest absolute Gasteiger partial charge is 0.336 e. The zero-order valence-corrected chi connectivity index (χ0v) is 19.4. The number of thiocarbonyl (C=S) groups is 1. The lowest BCUT2D eigenvalue weighted by Gasteiger charge is -2.38. The molecular formula is C24H26N2O5S. The minimum atomic E-state index is -0.375. The quantitative estimate of drug-likeness (QED) is 0.463. The van der Waals surface area contributed by atoms with Crippen LogP contribution in [0.1, 0.15) is 22.7 Å². The van der Waals surface area contributed by atoms with Gasteiger partial charge in [0.05, 0.1) is 20.3 Å². The topological polar surface area (TPSA) is 73.2 Å². The molecule has 3 aromatic rings. The summed E-state index contributed by atoms with van der Waals surface area (Å²) in [7, 11) is 5.08. The first-order valence-corrected chi connectivity index (χ1v) is 10.8. The number of fused-ring (bicyclic) bond motifs is 2. The van der Waals surface area contributed by atoms with Gasteiger partial charge in [0.25, 0.3) is 0 Å². The summed E-state index contributed by atoms with van der Waals surface area (Å²) in [6, 6.07) is 10.9. The summed E-state index contributed by atoms with van der Waals surface area (Å²) in [6.45, 7) is 2.99. The van der Waals surface area contributed by atoms with Crippen LogP contribution in [0.2, 0.25) is 0 Å². The third kappa shape index (κ3) is 4.10. The van der Waals surface area contributed by atoms with Crippen molar-refractivity contribution in [1.82, 2.24) is 10.2 Å². The minimum absolute atomic E-state index is 0.126. The van der Waals surface area contributed by atoms with Gasteiger partial charge in [0.15, 0.2) is 16.6 Å². The van der Waals surface area contributed by atoms with Crippen molar-refractivity contribution in [1.29, 1.82) is 0 Å². The van der Waals surface area contributed by atoms with Gasteiger partial charge < -0.3 is 28.8 Å². The highest BCUT2D eigenvalue weighted by atomic mass is 32.1. The van der Waals surface area contributed by atoms with E-state index < -0.39 is 0 Å². The van der Waals surface area contributed by atoms with Crippen LogP contribution in [0.15, 0.2) is 45.6 Å². The van der Waals surface area contributed by atoms with E-state index in [1.165, 1.54) is 11.6 Å². The number of hydrogen-bond donors (Lipinski definition) is 1. The van der Waals surface area contributed by atoms with E-state index in [0.29, 0.717) is 34.6 Å². The van der Waals surface area contributed by atoms with Crippen LogP contribution in [0, 0.1) is 6.92 Å². The molecule has 8 heteroatoms. The van der Waals surface area contributed by atoms with E-state index in [9.17, 15) is 4.79 Å². The molecule has 0 radical (unpaired) electrons. The Morgan fingerprint density at radius 1 is 1.19 bits per heavy atom. The van der Waals surface area contributed by atoms with E-state index in [-0.39, 0.29) is 11.7 Å². The van der Waals surface area contributed by atoms with E-state index in [2.05, 4.69) is 10.2 Å². The molecule has 2 aromatic carbocycles. The Labute approximate surface area is 191 Å². The Hall–Kier alpha value is -3.26. The third-order valence-electron chi connectivity index (χ3n) is 5.81. The number of nitrogens with one attached hydrogen (secondary N) is 1. The SMILES string of the molecule is CNC(=S)N1CCc2cc(OC)c(OC)cc2[C@@H]1COc1ccc2c(C)cc(=O)oc2c1. The molecule has 0 spiro atoms. The van der Waals surface area contributed by atoms with Gasteiger partial charge in [0, 0.05) is 31.1 Å². The van der Waals surface area contributed by atoms with Gasteiger partial charge in [-0.2, -0.15) is 0 Å². The van der Waals surface area contributed by atoms with Crippen LogP contribution in [0.25, 0.3) is 11.0 Å². The zero-order valence-electron chi connectivity index (χ0n) is 18.6. The van der Waals surface area contributed by atoms with E-state index in [1.807, 2.05) is 38.2 Å². The molecule has 0 amide bonds. The summed E-state index contributed by atoms with van der Waals surface area (Å²) in [6.07, 6.45) is 0.828. The van der Waals surface area contributed by atoms with Crippen molar-refractivity contribution in [2.45, 2.75) is 19.4 Å². The molecule has 1 aliphatic heterocycles. The number of methoxy groups -OCH3 is 2. The van der Waals surface area contributed by atoms with Crippen molar-refractivity contribution in [3.8, 4) is 17.2 Å². The van der Waals surface area contributed by atoms with Crippen LogP contribution in [0.3, 0.4) is 0 Å². The van der Waals surface area contributed by atoms with Crippen molar-refractivity contribution >= 4 is 28.3 Å². The number of ether oxygens (including phenoxy) is 3. The number of aryl methyl sites for hydroxylation is 1. The van der Waals surface area contributed by atoms with Crippen LogP contribution < -0.4 is 25.2 Å². The molecule has 2 heterocycles. The molecule has 0 saturated carbocycles. The summed E-state index contributed by atoms with van der Waals surface area (Å²) in [4.78, 5) is 13.9. The van der Waals surface area contributed by atoms with Crippen LogP contribution >= 0.6 is 12.2 Å². The first kappa shape index (κ1) is 22.0. The van der Waals surface area contributed by atoms with Gasteiger partial charge in [-0.3, -0.25) is 0 Å². The molecule has 7 nitrogen and oxygen atoms in total. The Balaban J connectivity index is 1.68. The normalized spacial score (nSPS) is 15.2. The predicted molar refractivity (Wildman–Crippen MR) is 127 cm³/mol. The number of rotatable bonds is 5. The molecule has 0 bridgehead atoms. The first-order valence-electron chi connectivity index (χ1n) is 10.4. The fourth-order valence-corrected chi connectivity index (χ4v) is 4.38. The fourth-order valence-electron chi connectivity index (χ4n) is 4.16. The second-order valence-corrected chi connectivity index (χ2v) is 8.02. The van der Waals surface area contributed by atoms with Crippen molar-refractivity contribution in [2.75, 3.05) is 34.4 Å². The molecule has 0 saturated heterocycles. The lowest BCUT2D eigenvalue weighted by molar-refractivity contribution is 0.187. The summed E-state index contributed by atoms with van der Waals surface area (Å²) in [5, 5.41) is 4.61. The summed E-state index contributed by atoms with van der Waals surface area (Å²) in [5.41, 5.74) is 3.25. The van der Waals surface area contributed by atoms with Gasteiger partial charge in [-0.1, -0.05) is 0 Å². The molecule has 4 rings (SSSR count). The molecule has 168 valence electrons. The maximum Gasteiger partial charge on any atom is 0.336 e. The maximum atomic E-state index is 11.8. The van der Waals surface area contributed by atoms with Crippen molar-refractivity contribution < 1.29 is 18.6 Å². The Kier molecular flexibility index (Phi) is 6.23. The Morgan fingerprint density at radius 2 is 1.94 bits per heavy atom. The number of hydrogen-bond acceptors (Lipinski definition) is 6. The number of benzene rings is 2. The Bertz CT molecular complexity index is 1220. The monoisotopic (exact) mass is 454 g/mol. The van der Waals surface area contributed by atoms with Crippen LogP contribution in [-0.4, -0.2) is 44.4 Å². The number of nitrogens with zero attached hydrogens (tertiary/aromatic N) is 1. The average molecular weight is 455 g/mol. The van der Waals surface area contributed by atoms with E-state index in [4.69, 9.17) is 30.8 Å². The molecule has 0 fully saturated rings. The van der Waals surface area contributed by atoms with Crippen molar-refractivity contribution in [3.63, 3.8) is 0 Å². The van der Waals surface area contributed by atoms with E-state index >= 15 is 0 Å². The fraction of sp³-hybridized carbons (Fsp3) is 0.333. The molecule has 1 aliphatic rings. The largest absolute Gasteiger partial charge is 0.493 e. The molecule has 1 aromatic heterocycles. The highest BCUT2D eigenvalue weighted by Crippen LogP contribution is 2.38. The third-order valence-corrected chi connectivity index (χ3v) is 6.25. The molecule has 1 N–H and O–H groups in total. The highest BCUT2D eigenvalue weighted by Gasteiger charge is 2.31. The average Bonchev–Trinajstić information content (AvgIpc) is 2.80. The lowest BCUT2D eigenvalue weighted by atomic mass is 9.92. The van der Waals surface area contributed by atoms with Gasteiger partial charge in [0.1, 0.15) is 17.9 Å². The minimum Gasteiger partial charge on any atom is -0.493 e. The lowest BCUT2D eigenvalue weighted by Crippen LogP contribution is -2.46. The first-order chi connectivity index (χ1) is 15.4. The van der Waals surface area contributed by atoms with Crippen molar-refractivity contribution in [3.05, 3.63) is 63.5 Å². The van der Waals surface area contributed by atoms with Crippen LogP contribution in [0.4, 0.5) is 0 Å². The van der Waals surface area contributed by atoms with E-state index in [0.717, 1.165) is 29.5 Å². The standard InChI is InChI=1S/C24H26N2O5S/c1-14-9-23(27)31-20-11-16(5-6-17(14)20)30-13-19-18-12-22(29-4)21(28-3)10-15(18)7-8-26(19)24(32)25-2/h5-6,9-12,19H,7-8,13H2,1-4H3,(H,25,32)/t19-/m0/s1. The highest BCUT2D eigenvalue weighted by molar-refractivity contribution is 7.80. The van der Waals surface area contributed by atoms with Gasteiger partial charge in [0.2, 0.25) is 0 Å². The summed E-state index contributed by atoms with van der Waals surface area (Å²) >= 11 is 5.57. The van der Waals surface area contributed by atoms with Gasteiger partial charge >= 0.3 is 5.63 Å². The summed E-state index contributed by atoms with van der Waals surface area (Å²) < 4.78 is 22.5. The van der Waals surface area contributed by atoms with Gasteiger partial charge in [-0.15, -0.1) is 0 Å². The second-order valence-electron chi connectivity index (χ2n) is 7.64. The predicted octanol–water partition coefficient (Wildman–Crippen LogP) is 3.60. The molecule has 32 heavy (non-hydrogen) atoms. The van der Waals surface area contributed by atoms with Gasteiger partial charge in [-0.05, 0) is 66.5 Å². The molecular weight excluding hydrogens is 428 g/mol. The second kappa shape index (κ2) is 9.08. The van der Waals surface area contributed by atoms with Gasteiger partial charge in [-0.25, -0.2) is 4.79 Å². The van der Waals surface area contributed by atoms with Crippen LogP contribution in [-0.2, 0) is 6.42 Å².